The third kappa shape index (κ3) is 6.04. The van der Waals surface area contributed by atoms with E-state index < -0.39 is 12.8 Å². The molecule has 0 fully saturated rings. The van der Waals surface area contributed by atoms with E-state index in [0.29, 0.717) is 12.8 Å². The van der Waals surface area contributed by atoms with Crippen molar-refractivity contribution in [2.24, 2.45) is 5.73 Å². The molecule has 1 unspecified atom stereocenters. The summed E-state index contributed by atoms with van der Waals surface area (Å²) in [4.78, 5) is 4.04. The van der Waals surface area contributed by atoms with Crippen LogP contribution in [0.2, 0.25) is 0 Å². The van der Waals surface area contributed by atoms with Crippen LogP contribution in [0.3, 0.4) is 0 Å². The summed E-state index contributed by atoms with van der Waals surface area (Å²) in [6, 6.07) is -0.209. The molecule has 0 amide bonds. The molecule has 0 aliphatic carbocycles. The van der Waals surface area contributed by atoms with Crippen molar-refractivity contribution >= 4 is 11.3 Å². The molecule has 1 aromatic rings. The lowest BCUT2D eigenvalue weighted by molar-refractivity contribution is -0.174. The first kappa shape index (κ1) is 13.4. The minimum Gasteiger partial charge on any atom is -0.372 e. The number of rotatable bonds is 6. The van der Waals surface area contributed by atoms with E-state index >= 15 is 0 Å². The van der Waals surface area contributed by atoms with E-state index in [0.717, 1.165) is 5.01 Å². The van der Waals surface area contributed by atoms with E-state index in [1.165, 1.54) is 11.3 Å². The van der Waals surface area contributed by atoms with Crippen LogP contribution in [-0.4, -0.2) is 30.4 Å². The standard InChI is InChI=1S/C9H13F3N2OS/c10-9(11,12)6-15-3-1-7(13)5-8-14-2-4-16-8/h2,4,7H,1,3,5-6,13H2. The predicted octanol–water partition coefficient (Wildman–Crippen LogP) is 1.98. The van der Waals surface area contributed by atoms with Crippen LogP contribution in [-0.2, 0) is 11.2 Å². The molecule has 0 aromatic carbocycles. The summed E-state index contributed by atoms with van der Waals surface area (Å²) in [5.41, 5.74) is 5.72. The van der Waals surface area contributed by atoms with Crippen LogP contribution in [0.1, 0.15) is 11.4 Å². The second-order valence-corrected chi connectivity index (χ2v) is 4.33. The van der Waals surface area contributed by atoms with Crippen LogP contribution in [0.5, 0.6) is 0 Å². The van der Waals surface area contributed by atoms with Gasteiger partial charge in [0, 0.05) is 30.6 Å². The number of aromatic nitrogens is 1. The van der Waals surface area contributed by atoms with Gasteiger partial charge in [-0.1, -0.05) is 0 Å². The van der Waals surface area contributed by atoms with Gasteiger partial charge in [-0.15, -0.1) is 11.3 Å². The Morgan fingerprint density at radius 2 is 2.25 bits per heavy atom. The Labute approximate surface area is 95.4 Å². The zero-order valence-corrected chi connectivity index (χ0v) is 9.35. The summed E-state index contributed by atoms with van der Waals surface area (Å²) >= 11 is 1.48. The van der Waals surface area contributed by atoms with Gasteiger partial charge in [-0.3, -0.25) is 0 Å². The maximum atomic E-state index is 11.7. The van der Waals surface area contributed by atoms with Gasteiger partial charge in [0.1, 0.15) is 6.61 Å². The van der Waals surface area contributed by atoms with Crippen molar-refractivity contribution in [3.05, 3.63) is 16.6 Å². The SMILES string of the molecule is NC(CCOCC(F)(F)F)Cc1nccs1. The van der Waals surface area contributed by atoms with Gasteiger partial charge in [-0.25, -0.2) is 4.98 Å². The van der Waals surface area contributed by atoms with Gasteiger partial charge >= 0.3 is 6.18 Å². The Kier molecular flexibility index (Phi) is 5.17. The van der Waals surface area contributed by atoms with E-state index in [4.69, 9.17) is 5.73 Å². The summed E-state index contributed by atoms with van der Waals surface area (Å²) in [6.07, 6.45) is -1.62. The average molecular weight is 254 g/mol. The summed E-state index contributed by atoms with van der Waals surface area (Å²) in [5, 5.41) is 2.73. The van der Waals surface area contributed by atoms with Gasteiger partial charge in [-0.05, 0) is 6.42 Å². The molecule has 0 spiro atoms. The van der Waals surface area contributed by atoms with Gasteiger partial charge in [0.2, 0.25) is 0 Å². The molecule has 0 saturated carbocycles. The van der Waals surface area contributed by atoms with Crippen molar-refractivity contribution in [3.8, 4) is 0 Å². The fourth-order valence-electron chi connectivity index (χ4n) is 1.10. The predicted molar refractivity (Wildman–Crippen MR) is 55.3 cm³/mol. The zero-order chi connectivity index (χ0) is 12.0. The number of hydrogen-bond acceptors (Lipinski definition) is 4. The fraction of sp³-hybridized carbons (Fsp3) is 0.667. The normalized spacial score (nSPS) is 14.0. The van der Waals surface area contributed by atoms with Crippen LogP contribution in [0.4, 0.5) is 13.2 Å². The van der Waals surface area contributed by atoms with Crippen LogP contribution in [0.15, 0.2) is 11.6 Å². The van der Waals surface area contributed by atoms with Crippen LogP contribution >= 0.6 is 11.3 Å². The number of nitrogens with zero attached hydrogens (tertiary/aromatic N) is 1. The highest BCUT2D eigenvalue weighted by molar-refractivity contribution is 7.09. The van der Waals surface area contributed by atoms with E-state index in [2.05, 4.69) is 9.72 Å². The van der Waals surface area contributed by atoms with E-state index in [1.54, 1.807) is 6.20 Å². The molecule has 1 heterocycles. The van der Waals surface area contributed by atoms with Crippen LogP contribution in [0, 0.1) is 0 Å². The zero-order valence-electron chi connectivity index (χ0n) is 8.54. The lowest BCUT2D eigenvalue weighted by Crippen LogP contribution is -2.26. The van der Waals surface area contributed by atoms with Gasteiger partial charge in [0.05, 0.1) is 5.01 Å². The highest BCUT2D eigenvalue weighted by atomic mass is 32.1. The van der Waals surface area contributed by atoms with Crippen molar-refractivity contribution in [3.63, 3.8) is 0 Å². The minimum absolute atomic E-state index is 0.0199. The first-order valence-electron chi connectivity index (χ1n) is 4.76. The third-order valence-electron chi connectivity index (χ3n) is 1.82. The second-order valence-electron chi connectivity index (χ2n) is 3.35. The number of ether oxygens (including phenoxy) is 1. The molecular formula is C9H13F3N2OS. The van der Waals surface area contributed by atoms with Crippen molar-refractivity contribution in [2.45, 2.75) is 25.1 Å². The number of halogens is 3. The molecule has 1 atom stereocenters. The Hall–Kier alpha value is -0.660. The van der Waals surface area contributed by atoms with Crippen molar-refractivity contribution in [1.29, 1.82) is 0 Å². The lowest BCUT2D eigenvalue weighted by Gasteiger charge is -2.11. The Bertz CT molecular complexity index is 289. The molecule has 0 radical (unpaired) electrons. The summed E-state index contributed by atoms with van der Waals surface area (Å²) in [7, 11) is 0. The minimum atomic E-state index is -4.26. The Morgan fingerprint density at radius 1 is 1.50 bits per heavy atom. The number of hydrogen-bond donors (Lipinski definition) is 1. The molecule has 1 aromatic heterocycles. The average Bonchev–Trinajstić information content (AvgIpc) is 2.63. The van der Waals surface area contributed by atoms with E-state index in [-0.39, 0.29) is 12.6 Å². The number of thiazole rings is 1. The Morgan fingerprint density at radius 3 is 2.81 bits per heavy atom. The summed E-state index contributed by atoms with van der Waals surface area (Å²) in [5.74, 6) is 0. The molecule has 0 bridgehead atoms. The van der Waals surface area contributed by atoms with Gasteiger partial charge in [0.25, 0.3) is 0 Å². The molecule has 3 nitrogen and oxygen atoms in total. The number of alkyl halides is 3. The quantitative estimate of drug-likeness (QED) is 0.790. The Balaban J connectivity index is 2.09. The maximum absolute atomic E-state index is 11.7. The third-order valence-corrected chi connectivity index (χ3v) is 2.62. The van der Waals surface area contributed by atoms with Gasteiger partial charge < -0.3 is 10.5 Å². The smallest absolute Gasteiger partial charge is 0.372 e. The second kappa shape index (κ2) is 6.17. The van der Waals surface area contributed by atoms with E-state index in [1.807, 2.05) is 5.38 Å². The molecule has 0 aliphatic heterocycles. The fourth-order valence-corrected chi connectivity index (χ4v) is 1.81. The molecule has 1 rings (SSSR count). The van der Waals surface area contributed by atoms with Crippen LogP contribution < -0.4 is 5.73 Å². The van der Waals surface area contributed by atoms with Crippen LogP contribution in [0.25, 0.3) is 0 Å². The van der Waals surface area contributed by atoms with Gasteiger partial charge in [-0.2, -0.15) is 13.2 Å². The highest BCUT2D eigenvalue weighted by Crippen LogP contribution is 2.14. The summed E-state index contributed by atoms with van der Waals surface area (Å²) in [6.45, 7) is -1.19. The first-order chi connectivity index (χ1) is 7.47. The first-order valence-corrected chi connectivity index (χ1v) is 5.64. The topological polar surface area (TPSA) is 48.1 Å². The molecule has 0 saturated heterocycles. The van der Waals surface area contributed by atoms with Gasteiger partial charge in [0.15, 0.2) is 0 Å². The van der Waals surface area contributed by atoms with E-state index in [9.17, 15) is 13.2 Å². The molecule has 2 N–H and O–H groups in total. The molecule has 7 heteroatoms. The largest absolute Gasteiger partial charge is 0.411 e. The van der Waals surface area contributed by atoms with Crippen molar-refractivity contribution in [2.75, 3.05) is 13.2 Å². The molecular weight excluding hydrogens is 241 g/mol. The highest BCUT2D eigenvalue weighted by Gasteiger charge is 2.27. The molecule has 0 aliphatic rings. The molecule has 92 valence electrons. The molecule has 16 heavy (non-hydrogen) atoms. The monoisotopic (exact) mass is 254 g/mol. The number of nitrogens with two attached hydrogens (primary N) is 1. The summed E-state index contributed by atoms with van der Waals surface area (Å²) < 4.78 is 39.6. The van der Waals surface area contributed by atoms with Crippen molar-refractivity contribution < 1.29 is 17.9 Å². The van der Waals surface area contributed by atoms with Crippen molar-refractivity contribution in [1.82, 2.24) is 4.98 Å². The maximum Gasteiger partial charge on any atom is 0.411 e. The lowest BCUT2D eigenvalue weighted by atomic mass is 10.2.